The minimum atomic E-state index is -0.167. The van der Waals surface area contributed by atoms with E-state index in [2.05, 4.69) is 16.8 Å². The molecule has 1 aromatic carbocycles. The summed E-state index contributed by atoms with van der Waals surface area (Å²) in [6.07, 6.45) is 7.18. The molecule has 0 aliphatic carbocycles. The highest BCUT2D eigenvalue weighted by atomic mass is 19.1. The first-order chi connectivity index (χ1) is 9.31. The number of aromatic nitrogens is 1. The van der Waals surface area contributed by atoms with E-state index in [1.54, 1.807) is 6.07 Å². The summed E-state index contributed by atoms with van der Waals surface area (Å²) in [5.41, 5.74) is 0.979. The molecule has 2 nitrogen and oxygen atoms in total. The van der Waals surface area contributed by atoms with Crippen LogP contribution in [0.3, 0.4) is 0 Å². The van der Waals surface area contributed by atoms with E-state index < -0.39 is 0 Å². The summed E-state index contributed by atoms with van der Waals surface area (Å²) in [5, 5.41) is 4.55. The summed E-state index contributed by atoms with van der Waals surface area (Å²) in [5.74, 6) is -0.167. The van der Waals surface area contributed by atoms with Crippen molar-refractivity contribution in [2.24, 2.45) is 0 Å². The lowest BCUT2D eigenvalue weighted by Crippen LogP contribution is -2.20. The van der Waals surface area contributed by atoms with Gasteiger partial charge in [0, 0.05) is 19.3 Å². The Morgan fingerprint density at radius 3 is 2.84 bits per heavy atom. The summed E-state index contributed by atoms with van der Waals surface area (Å²) < 4.78 is 15.3. The molecule has 1 heterocycles. The Labute approximate surface area is 114 Å². The molecule has 2 aromatic rings. The van der Waals surface area contributed by atoms with E-state index in [9.17, 15) is 4.39 Å². The van der Waals surface area contributed by atoms with Crippen molar-refractivity contribution in [3.05, 3.63) is 36.3 Å². The van der Waals surface area contributed by atoms with E-state index in [1.165, 1.54) is 31.7 Å². The zero-order valence-corrected chi connectivity index (χ0v) is 11.7. The number of halogens is 1. The standard InChI is InChI=1S/C16H23FN2/c1-2-3-4-5-9-18-10-12-19-11-8-14-6-7-15(17)13-16(14)19/h6-8,11,13,18H,2-5,9-10,12H2,1H3. The van der Waals surface area contributed by atoms with Gasteiger partial charge in [-0.05, 0) is 42.6 Å². The van der Waals surface area contributed by atoms with Crippen LogP contribution in [0.1, 0.15) is 32.6 Å². The SMILES string of the molecule is CCCCCCNCCn1ccc2ccc(F)cc21. The van der Waals surface area contributed by atoms with Crippen LogP contribution in [-0.2, 0) is 6.54 Å². The maximum absolute atomic E-state index is 13.2. The lowest BCUT2D eigenvalue weighted by molar-refractivity contribution is 0.566. The molecular formula is C16H23FN2. The van der Waals surface area contributed by atoms with Gasteiger partial charge in [0.15, 0.2) is 0 Å². The molecular weight excluding hydrogens is 239 g/mol. The lowest BCUT2D eigenvalue weighted by Gasteiger charge is -2.07. The fourth-order valence-electron chi connectivity index (χ4n) is 2.35. The lowest BCUT2D eigenvalue weighted by atomic mass is 10.2. The monoisotopic (exact) mass is 262 g/mol. The fraction of sp³-hybridized carbons (Fsp3) is 0.500. The fourth-order valence-corrected chi connectivity index (χ4v) is 2.35. The van der Waals surface area contributed by atoms with Crippen molar-refractivity contribution in [3.8, 4) is 0 Å². The van der Waals surface area contributed by atoms with Crippen molar-refractivity contribution in [3.63, 3.8) is 0 Å². The topological polar surface area (TPSA) is 17.0 Å². The van der Waals surface area contributed by atoms with Gasteiger partial charge in [0.25, 0.3) is 0 Å². The third-order valence-corrected chi connectivity index (χ3v) is 3.47. The first kappa shape index (κ1) is 14.1. The van der Waals surface area contributed by atoms with Crippen LogP contribution in [0.4, 0.5) is 4.39 Å². The van der Waals surface area contributed by atoms with Crippen molar-refractivity contribution < 1.29 is 4.39 Å². The van der Waals surface area contributed by atoms with Gasteiger partial charge in [0.2, 0.25) is 0 Å². The van der Waals surface area contributed by atoms with E-state index in [0.29, 0.717) is 0 Å². The van der Waals surface area contributed by atoms with E-state index in [-0.39, 0.29) is 5.82 Å². The minimum Gasteiger partial charge on any atom is -0.346 e. The second-order valence-corrected chi connectivity index (χ2v) is 5.02. The Bertz CT molecular complexity index is 504. The van der Waals surface area contributed by atoms with Crippen LogP contribution in [0.2, 0.25) is 0 Å². The van der Waals surface area contributed by atoms with Crippen LogP contribution in [0.25, 0.3) is 10.9 Å². The van der Waals surface area contributed by atoms with Crippen molar-refractivity contribution >= 4 is 10.9 Å². The second kappa shape index (κ2) is 7.29. The zero-order chi connectivity index (χ0) is 13.5. The Morgan fingerprint density at radius 1 is 1.11 bits per heavy atom. The van der Waals surface area contributed by atoms with Gasteiger partial charge in [-0.15, -0.1) is 0 Å². The highest BCUT2D eigenvalue weighted by Gasteiger charge is 2.01. The van der Waals surface area contributed by atoms with Crippen LogP contribution < -0.4 is 5.32 Å². The molecule has 0 unspecified atom stereocenters. The predicted octanol–water partition coefficient (Wildman–Crippen LogP) is 3.95. The van der Waals surface area contributed by atoms with E-state index in [4.69, 9.17) is 0 Å². The zero-order valence-electron chi connectivity index (χ0n) is 11.7. The molecule has 0 aliphatic heterocycles. The van der Waals surface area contributed by atoms with Gasteiger partial charge < -0.3 is 9.88 Å². The number of hydrogen-bond acceptors (Lipinski definition) is 1. The van der Waals surface area contributed by atoms with Gasteiger partial charge >= 0.3 is 0 Å². The maximum atomic E-state index is 13.2. The molecule has 0 fully saturated rings. The molecule has 1 N–H and O–H groups in total. The Hall–Kier alpha value is -1.35. The molecule has 19 heavy (non-hydrogen) atoms. The second-order valence-electron chi connectivity index (χ2n) is 5.02. The van der Waals surface area contributed by atoms with Gasteiger partial charge in [-0.1, -0.05) is 26.2 Å². The van der Waals surface area contributed by atoms with E-state index >= 15 is 0 Å². The van der Waals surface area contributed by atoms with Crippen molar-refractivity contribution in [2.45, 2.75) is 39.2 Å². The smallest absolute Gasteiger partial charge is 0.125 e. The number of nitrogens with zero attached hydrogens (tertiary/aromatic N) is 1. The van der Waals surface area contributed by atoms with Gasteiger partial charge in [-0.2, -0.15) is 0 Å². The summed E-state index contributed by atoms with van der Waals surface area (Å²) >= 11 is 0. The van der Waals surface area contributed by atoms with Crippen LogP contribution in [0.5, 0.6) is 0 Å². The van der Waals surface area contributed by atoms with Gasteiger partial charge in [0.1, 0.15) is 5.82 Å². The summed E-state index contributed by atoms with van der Waals surface area (Å²) in [7, 11) is 0. The molecule has 0 bridgehead atoms. The average Bonchev–Trinajstić information content (AvgIpc) is 2.80. The minimum absolute atomic E-state index is 0.167. The van der Waals surface area contributed by atoms with Crippen LogP contribution in [0, 0.1) is 5.82 Å². The van der Waals surface area contributed by atoms with Crippen molar-refractivity contribution in [2.75, 3.05) is 13.1 Å². The number of unbranched alkanes of at least 4 members (excludes halogenated alkanes) is 3. The number of fused-ring (bicyclic) bond motifs is 1. The molecule has 0 aliphatic rings. The van der Waals surface area contributed by atoms with Gasteiger partial charge in [0.05, 0.1) is 5.52 Å². The number of hydrogen-bond donors (Lipinski definition) is 1. The largest absolute Gasteiger partial charge is 0.346 e. The van der Waals surface area contributed by atoms with E-state index in [0.717, 1.165) is 30.5 Å². The number of benzene rings is 1. The molecule has 1 aromatic heterocycles. The third kappa shape index (κ3) is 4.06. The Balaban J connectivity index is 1.77. The van der Waals surface area contributed by atoms with E-state index in [1.807, 2.05) is 18.3 Å². The van der Waals surface area contributed by atoms with Crippen molar-refractivity contribution in [1.29, 1.82) is 0 Å². The predicted molar refractivity (Wildman–Crippen MR) is 78.9 cm³/mol. The molecule has 0 spiro atoms. The quantitative estimate of drug-likeness (QED) is 0.713. The normalized spacial score (nSPS) is 11.3. The molecule has 104 valence electrons. The third-order valence-electron chi connectivity index (χ3n) is 3.47. The first-order valence-electron chi connectivity index (χ1n) is 7.26. The maximum Gasteiger partial charge on any atom is 0.125 e. The summed E-state index contributed by atoms with van der Waals surface area (Å²) in [4.78, 5) is 0. The Kier molecular flexibility index (Phi) is 5.40. The molecule has 0 radical (unpaired) electrons. The molecule has 0 amide bonds. The Morgan fingerprint density at radius 2 is 2.00 bits per heavy atom. The summed E-state index contributed by atoms with van der Waals surface area (Å²) in [6, 6.07) is 6.99. The van der Waals surface area contributed by atoms with Gasteiger partial charge in [-0.25, -0.2) is 4.39 Å². The molecule has 0 atom stereocenters. The molecule has 2 rings (SSSR count). The number of nitrogens with one attached hydrogen (secondary N) is 1. The van der Waals surface area contributed by atoms with Crippen LogP contribution in [0.15, 0.2) is 30.5 Å². The molecule has 3 heteroatoms. The van der Waals surface area contributed by atoms with Gasteiger partial charge in [-0.3, -0.25) is 0 Å². The highest BCUT2D eigenvalue weighted by Crippen LogP contribution is 2.16. The van der Waals surface area contributed by atoms with Crippen LogP contribution >= 0.6 is 0 Å². The molecule has 0 saturated heterocycles. The summed E-state index contributed by atoms with van der Waals surface area (Å²) in [6.45, 7) is 5.13. The first-order valence-corrected chi connectivity index (χ1v) is 7.26. The molecule has 0 saturated carbocycles. The van der Waals surface area contributed by atoms with Crippen LogP contribution in [-0.4, -0.2) is 17.7 Å². The average molecular weight is 262 g/mol. The van der Waals surface area contributed by atoms with Crippen molar-refractivity contribution in [1.82, 2.24) is 9.88 Å². The highest BCUT2D eigenvalue weighted by molar-refractivity contribution is 5.80. The number of rotatable bonds is 8.